The minimum Gasteiger partial charge on any atom is -0.361 e. The van der Waals surface area contributed by atoms with E-state index in [4.69, 9.17) is 0 Å². The molecule has 0 bridgehead atoms. The van der Waals surface area contributed by atoms with Crippen molar-refractivity contribution in [1.82, 2.24) is 20.4 Å². The summed E-state index contributed by atoms with van der Waals surface area (Å²) in [5, 5.41) is 11.1. The molecule has 0 fully saturated rings. The van der Waals surface area contributed by atoms with Crippen LogP contribution in [0.25, 0.3) is 21.9 Å². The average Bonchev–Trinajstić information content (AvgIpc) is 3.15. The minimum absolute atomic E-state index is 0.140. The van der Waals surface area contributed by atoms with Gasteiger partial charge in [-0.1, -0.05) is 6.07 Å². The van der Waals surface area contributed by atoms with Crippen LogP contribution in [0.15, 0.2) is 53.6 Å². The minimum atomic E-state index is -3.70. The Balaban J connectivity index is 1.78. The Kier molecular flexibility index (Phi) is 2.67. The quantitative estimate of drug-likeness (QED) is 0.539. The summed E-state index contributed by atoms with van der Waals surface area (Å²) in [4.78, 5) is 3.19. The molecule has 8 heteroatoms. The Morgan fingerprint density at radius 2 is 1.86 bits per heavy atom. The molecule has 0 spiro atoms. The van der Waals surface area contributed by atoms with E-state index in [0.717, 1.165) is 10.9 Å². The summed E-state index contributed by atoms with van der Waals surface area (Å²) in [5.41, 5.74) is 2.51. The van der Waals surface area contributed by atoms with Crippen LogP contribution in [0.5, 0.6) is 0 Å². The number of aromatic amines is 2. The number of aromatic nitrogens is 4. The van der Waals surface area contributed by atoms with Crippen molar-refractivity contribution in [3.63, 3.8) is 0 Å². The Morgan fingerprint density at radius 1 is 1.00 bits per heavy atom. The molecular formula is C14H11N5O2S. The fourth-order valence-electron chi connectivity index (χ4n) is 2.37. The maximum absolute atomic E-state index is 12.6. The summed E-state index contributed by atoms with van der Waals surface area (Å²) in [5.74, 6) is 0. The zero-order chi connectivity index (χ0) is 15.2. The second kappa shape index (κ2) is 4.57. The molecule has 2 aromatic heterocycles. The molecule has 2 aromatic carbocycles. The van der Waals surface area contributed by atoms with Crippen molar-refractivity contribution in [3.05, 3.63) is 48.7 Å². The van der Waals surface area contributed by atoms with E-state index < -0.39 is 10.0 Å². The fourth-order valence-corrected chi connectivity index (χ4v) is 3.46. The lowest BCUT2D eigenvalue weighted by Gasteiger charge is -2.09. The summed E-state index contributed by atoms with van der Waals surface area (Å²) in [6.45, 7) is 0. The fraction of sp³-hybridized carbons (Fsp3) is 0. The second-order valence-corrected chi connectivity index (χ2v) is 6.51. The molecule has 4 aromatic rings. The monoisotopic (exact) mass is 313 g/mol. The number of rotatable bonds is 3. The Bertz CT molecular complexity index is 1080. The molecule has 22 heavy (non-hydrogen) atoms. The maximum atomic E-state index is 12.6. The number of anilines is 1. The smallest absolute Gasteiger partial charge is 0.261 e. The van der Waals surface area contributed by atoms with E-state index in [1.54, 1.807) is 24.4 Å². The molecule has 0 aliphatic heterocycles. The van der Waals surface area contributed by atoms with Gasteiger partial charge in [0.2, 0.25) is 0 Å². The Labute approximate surface area is 125 Å². The summed E-state index contributed by atoms with van der Waals surface area (Å²) in [6, 6.07) is 11.8. The summed E-state index contributed by atoms with van der Waals surface area (Å²) in [7, 11) is -3.70. The standard InChI is InChI=1S/C14H11N5O2S/c20-22(21,9-4-5-13-14(8-9)17-19-16-13)18-12-3-1-2-11-10(12)6-7-15-11/h1-8,15,18H,(H,16,17,19). The van der Waals surface area contributed by atoms with E-state index in [-0.39, 0.29) is 4.90 Å². The van der Waals surface area contributed by atoms with Crippen molar-refractivity contribution in [2.45, 2.75) is 4.90 Å². The van der Waals surface area contributed by atoms with Gasteiger partial charge in [-0.05, 0) is 36.4 Å². The normalized spacial score (nSPS) is 12.0. The molecule has 4 rings (SSSR count). The number of hydrogen-bond acceptors (Lipinski definition) is 4. The third kappa shape index (κ3) is 2.01. The molecule has 0 atom stereocenters. The van der Waals surface area contributed by atoms with E-state index in [0.29, 0.717) is 16.7 Å². The van der Waals surface area contributed by atoms with E-state index in [2.05, 4.69) is 25.1 Å². The van der Waals surface area contributed by atoms with Gasteiger partial charge in [-0.3, -0.25) is 4.72 Å². The first-order valence-corrected chi connectivity index (χ1v) is 8.01. The maximum Gasteiger partial charge on any atom is 0.261 e. The molecule has 0 aliphatic carbocycles. The molecule has 0 saturated heterocycles. The van der Waals surface area contributed by atoms with Gasteiger partial charge >= 0.3 is 0 Å². The third-order valence-electron chi connectivity index (χ3n) is 3.44. The lowest BCUT2D eigenvalue weighted by atomic mass is 10.2. The Morgan fingerprint density at radius 3 is 2.77 bits per heavy atom. The van der Waals surface area contributed by atoms with Gasteiger partial charge in [0.1, 0.15) is 11.0 Å². The van der Waals surface area contributed by atoms with Gasteiger partial charge in [0, 0.05) is 17.1 Å². The molecule has 0 amide bonds. The van der Waals surface area contributed by atoms with E-state index in [9.17, 15) is 8.42 Å². The first-order valence-electron chi connectivity index (χ1n) is 6.53. The van der Waals surface area contributed by atoms with Crippen molar-refractivity contribution in [2.24, 2.45) is 0 Å². The first-order chi connectivity index (χ1) is 10.6. The van der Waals surface area contributed by atoms with Gasteiger partial charge in [0.25, 0.3) is 10.0 Å². The third-order valence-corrected chi connectivity index (χ3v) is 4.80. The van der Waals surface area contributed by atoms with Gasteiger partial charge in [-0.15, -0.1) is 0 Å². The topological polar surface area (TPSA) is 104 Å². The van der Waals surface area contributed by atoms with Crippen LogP contribution in [0.3, 0.4) is 0 Å². The highest BCUT2D eigenvalue weighted by molar-refractivity contribution is 7.92. The zero-order valence-corrected chi connectivity index (χ0v) is 12.1. The van der Waals surface area contributed by atoms with Crippen LogP contribution in [-0.2, 0) is 10.0 Å². The van der Waals surface area contributed by atoms with Crippen molar-refractivity contribution in [1.29, 1.82) is 0 Å². The molecule has 2 heterocycles. The zero-order valence-electron chi connectivity index (χ0n) is 11.2. The number of nitrogens with one attached hydrogen (secondary N) is 3. The molecule has 0 saturated carbocycles. The highest BCUT2D eigenvalue weighted by Gasteiger charge is 2.17. The van der Waals surface area contributed by atoms with Crippen LogP contribution in [0.1, 0.15) is 0 Å². The number of fused-ring (bicyclic) bond motifs is 2. The molecule has 110 valence electrons. The lowest BCUT2D eigenvalue weighted by Crippen LogP contribution is -2.13. The van der Waals surface area contributed by atoms with Crippen LogP contribution in [0.4, 0.5) is 5.69 Å². The van der Waals surface area contributed by atoms with Crippen LogP contribution in [0.2, 0.25) is 0 Å². The number of H-pyrrole nitrogens is 2. The number of sulfonamides is 1. The molecule has 7 nitrogen and oxygen atoms in total. The van der Waals surface area contributed by atoms with Crippen LogP contribution in [-0.4, -0.2) is 28.8 Å². The highest BCUT2D eigenvalue weighted by Crippen LogP contribution is 2.25. The van der Waals surface area contributed by atoms with Gasteiger partial charge < -0.3 is 4.98 Å². The molecule has 0 unspecified atom stereocenters. The predicted octanol–water partition coefficient (Wildman–Crippen LogP) is 2.24. The Hall–Kier alpha value is -2.87. The van der Waals surface area contributed by atoms with E-state index >= 15 is 0 Å². The van der Waals surface area contributed by atoms with Crippen LogP contribution < -0.4 is 4.72 Å². The average molecular weight is 313 g/mol. The van der Waals surface area contributed by atoms with Crippen molar-refractivity contribution in [2.75, 3.05) is 4.72 Å². The number of hydrogen-bond donors (Lipinski definition) is 3. The molecule has 0 radical (unpaired) electrons. The second-order valence-electron chi connectivity index (χ2n) is 4.82. The van der Waals surface area contributed by atoms with E-state index in [1.165, 1.54) is 12.1 Å². The highest BCUT2D eigenvalue weighted by atomic mass is 32.2. The van der Waals surface area contributed by atoms with Gasteiger partial charge in [-0.25, -0.2) is 8.42 Å². The van der Waals surface area contributed by atoms with Gasteiger partial charge in [0.15, 0.2) is 0 Å². The first kappa shape index (κ1) is 12.8. The van der Waals surface area contributed by atoms with Crippen molar-refractivity contribution in [3.8, 4) is 0 Å². The summed E-state index contributed by atoms with van der Waals surface area (Å²) < 4.78 is 27.7. The number of benzene rings is 2. The van der Waals surface area contributed by atoms with Gasteiger partial charge in [0.05, 0.1) is 10.6 Å². The molecule has 0 aliphatic rings. The van der Waals surface area contributed by atoms with Crippen molar-refractivity contribution >= 4 is 37.6 Å². The van der Waals surface area contributed by atoms with Crippen molar-refractivity contribution < 1.29 is 8.42 Å². The largest absolute Gasteiger partial charge is 0.361 e. The van der Waals surface area contributed by atoms with Crippen LogP contribution >= 0.6 is 0 Å². The molecular weight excluding hydrogens is 302 g/mol. The SMILES string of the molecule is O=S(=O)(Nc1cccc2[nH]ccc12)c1ccc2n[nH]nc2c1. The van der Waals surface area contributed by atoms with E-state index in [1.807, 2.05) is 12.1 Å². The van der Waals surface area contributed by atoms with Gasteiger partial charge in [-0.2, -0.15) is 15.4 Å². The summed E-state index contributed by atoms with van der Waals surface area (Å²) in [6.07, 6.45) is 1.77. The number of nitrogens with zero attached hydrogens (tertiary/aromatic N) is 2. The lowest BCUT2D eigenvalue weighted by molar-refractivity contribution is 0.601. The van der Waals surface area contributed by atoms with Crippen LogP contribution in [0, 0.1) is 0 Å². The predicted molar refractivity (Wildman–Crippen MR) is 83.0 cm³/mol. The molecule has 3 N–H and O–H groups in total. The summed E-state index contributed by atoms with van der Waals surface area (Å²) >= 11 is 0.